The normalized spacial score (nSPS) is 10.3. The summed E-state index contributed by atoms with van der Waals surface area (Å²) < 4.78 is 5.26. The molecule has 8 heteroatoms. The molecule has 0 bridgehead atoms. The van der Waals surface area contributed by atoms with Crippen molar-refractivity contribution in [2.75, 3.05) is 17.7 Å². The summed E-state index contributed by atoms with van der Waals surface area (Å²) in [7, 11) is 1.51. The van der Waals surface area contributed by atoms with Crippen LogP contribution in [0, 0.1) is 0 Å². The number of rotatable bonds is 5. The van der Waals surface area contributed by atoms with Crippen molar-refractivity contribution in [2.45, 2.75) is 6.92 Å². The Bertz CT molecular complexity index is 904. The minimum atomic E-state index is -0.336. The molecule has 128 valence electrons. The Hall–Kier alpha value is -2.71. The number of ether oxygens (including phenoxy) is 1. The number of nitrogens with zero attached hydrogens (tertiary/aromatic N) is 1. The van der Waals surface area contributed by atoms with Crippen LogP contribution in [0.4, 0.5) is 11.4 Å². The van der Waals surface area contributed by atoms with Gasteiger partial charge in [0.15, 0.2) is 0 Å². The van der Waals surface area contributed by atoms with Crippen LogP contribution in [0.2, 0.25) is 0 Å². The minimum absolute atomic E-state index is 0.192. The molecule has 3 rings (SSSR count). The van der Waals surface area contributed by atoms with E-state index in [0.29, 0.717) is 22.8 Å². The molecule has 2 amide bonds. The summed E-state index contributed by atoms with van der Waals surface area (Å²) in [4.78, 5) is 29.1. The molecule has 0 aliphatic heterocycles. The molecule has 0 unspecified atom stereocenters. The van der Waals surface area contributed by atoms with Gasteiger partial charge >= 0.3 is 0 Å². The fourth-order valence-corrected chi connectivity index (χ4v) is 3.78. The molecule has 0 aliphatic carbocycles. The van der Waals surface area contributed by atoms with E-state index in [1.807, 2.05) is 17.5 Å². The van der Waals surface area contributed by atoms with E-state index in [2.05, 4.69) is 15.6 Å². The summed E-state index contributed by atoms with van der Waals surface area (Å²) in [5.41, 5.74) is 1.37. The fraction of sp³-hybridized carbons (Fsp3) is 0.118. The van der Waals surface area contributed by atoms with Crippen LogP contribution in [0.15, 0.2) is 41.1 Å². The SMILES string of the molecule is COc1ccc(NC(C)=O)cc1NC(=O)c1csc(-c2cccs2)n1. The van der Waals surface area contributed by atoms with Crippen LogP contribution < -0.4 is 15.4 Å². The number of carbonyl (C=O) groups excluding carboxylic acids is 2. The molecule has 0 fully saturated rings. The van der Waals surface area contributed by atoms with Gasteiger partial charge in [0.2, 0.25) is 5.91 Å². The first-order valence-electron chi connectivity index (χ1n) is 7.33. The van der Waals surface area contributed by atoms with E-state index in [-0.39, 0.29) is 11.8 Å². The number of hydrogen-bond acceptors (Lipinski definition) is 6. The standard InChI is InChI=1S/C17H15N3O3S2/c1-10(21)18-11-5-6-14(23-2)12(8-11)19-16(22)13-9-25-17(20-13)15-4-3-7-24-15/h3-9H,1-2H3,(H,18,21)(H,19,22). The summed E-state index contributed by atoms with van der Waals surface area (Å²) in [6, 6.07) is 8.93. The van der Waals surface area contributed by atoms with Crippen LogP contribution in [0.3, 0.4) is 0 Å². The molecule has 0 aliphatic rings. The molecule has 0 saturated carbocycles. The number of amides is 2. The summed E-state index contributed by atoms with van der Waals surface area (Å²) >= 11 is 2.99. The lowest BCUT2D eigenvalue weighted by Gasteiger charge is -2.11. The molecule has 25 heavy (non-hydrogen) atoms. The fourth-order valence-electron chi connectivity index (χ4n) is 2.16. The van der Waals surface area contributed by atoms with Crippen molar-refractivity contribution in [3.8, 4) is 15.6 Å². The van der Waals surface area contributed by atoms with E-state index in [1.54, 1.807) is 34.9 Å². The predicted molar refractivity (Wildman–Crippen MR) is 101 cm³/mol. The molecular formula is C17H15N3O3S2. The van der Waals surface area contributed by atoms with Gasteiger partial charge in [-0.2, -0.15) is 0 Å². The monoisotopic (exact) mass is 373 g/mol. The molecule has 0 saturated heterocycles. The van der Waals surface area contributed by atoms with Gasteiger partial charge in [-0.05, 0) is 29.6 Å². The summed E-state index contributed by atoms with van der Waals surface area (Å²) in [5.74, 6) is -0.0315. The Morgan fingerprint density at radius 3 is 2.68 bits per heavy atom. The lowest BCUT2D eigenvalue weighted by atomic mass is 10.2. The Labute approximate surface area is 152 Å². The number of carbonyl (C=O) groups is 2. The van der Waals surface area contributed by atoms with Gasteiger partial charge in [0.25, 0.3) is 5.91 Å². The Kier molecular flexibility index (Phi) is 5.11. The summed E-state index contributed by atoms with van der Waals surface area (Å²) in [5, 5.41) is 9.95. The second-order valence-electron chi connectivity index (χ2n) is 5.07. The molecule has 2 heterocycles. The molecule has 0 spiro atoms. The van der Waals surface area contributed by atoms with Crippen molar-refractivity contribution in [1.82, 2.24) is 4.98 Å². The van der Waals surface area contributed by atoms with Crippen molar-refractivity contribution < 1.29 is 14.3 Å². The molecule has 2 N–H and O–H groups in total. The van der Waals surface area contributed by atoms with Crippen LogP contribution in [0.25, 0.3) is 9.88 Å². The van der Waals surface area contributed by atoms with Crippen LogP contribution in [-0.4, -0.2) is 23.9 Å². The maximum Gasteiger partial charge on any atom is 0.275 e. The molecule has 0 atom stereocenters. The zero-order chi connectivity index (χ0) is 17.8. The van der Waals surface area contributed by atoms with Crippen molar-refractivity contribution in [1.29, 1.82) is 0 Å². The first-order chi connectivity index (χ1) is 12.1. The van der Waals surface area contributed by atoms with Crippen LogP contribution in [0.1, 0.15) is 17.4 Å². The largest absolute Gasteiger partial charge is 0.495 e. The number of benzene rings is 1. The average Bonchev–Trinajstić information content (AvgIpc) is 3.26. The highest BCUT2D eigenvalue weighted by atomic mass is 32.1. The van der Waals surface area contributed by atoms with E-state index in [9.17, 15) is 9.59 Å². The minimum Gasteiger partial charge on any atom is -0.495 e. The zero-order valence-electron chi connectivity index (χ0n) is 13.5. The van der Waals surface area contributed by atoms with E-state index >= 15 is 0 Å². The first-order valence-corrected chi connectivity index (χ1v) is 9.09. The summed E-state index contributed by atoms with van der Waals surface area (Å²) in [6.07, 6.45) is 0. The van der Waals surface area contributed by atoms with E-state index < -0.39 is 0 Å². The van der Waals surface area contributed by atoms with Crippen LogP contribution in [0.5, 0.6) is 5.75 Å². The third-order valence-corrected chi connectivity index (χ3v) is 5.12. The second kappa shape index (κ2) is 7.45. The summed E-state index contributed by atoms with van der Waals surface area (Å²) in [6.45, 7) is 1.42. The zero-order valence-corrected chi connectivity index (χ0v) is 15.2. The van der Waals surface area contributed by atoms with Crippen molar-refractivity contribution in [3.05, 3.63) is 46.8 Å². The van der Waals surface area contributed by atoms with Gasteiger partial charge in [-0.1, -0.05) is 6.07 Å². The number of thiophene rings is 1. The third kappa shape index (κ3) is 4.04. The van der Waals surface area contributed by atoms with E-state index in [4.69, 9.17) is 4.74 Å². The van der Waals surface area contributed by atoms with Gasteiger partial charge < -0.3 is 15.4 Å². The van der Waals surface area contributed by atoms with Crippen molar-refractivity contribution in [2.24, 2.45) is 0 Å². The van der Waals surface area contributed by atoms with Gasteiger partial charge in [0.1, 0.15) is 16.5 Å². The first kappa shape index (κ1) is 17.1. The third-order valence-electron chi connectivity index (χ3n) is 3.24. The number of thiazole rings is 1. The lowest BCUT2D eigenvalue weighted by molar-refractivity contribution is -0.114. The Balaban J connectivity index is 1.81. The number of methoxy groups -OCH3 is 1. The van der Waals surface area contributed by atoms with Crippen molar-refractivity contribution in [3.63, 3.8) is 0 Å². The maximum absolute atomic E-state index is 12.5. The highest BCUT2D eigenvalue weighted by Gasteiger charge is 2.15. The number of hydrogen-bond donors (Lipinski definition) is 2. The predicted octanol–water partition coefficient (Wildman–Crippen LogP) is 4.09. The van der Waals surface area contributed by atoms with Gasteiger partial charge in [0.05, 0.1) is 17.7 Å². The Morgan fingerprint density at radius 1 is 1.16 bits per heavy atom. The Morgan fingerprint density at radius 2 is 2.00 bits per heavy atom. The number of nitrogens with one attached hydrogen (secondary N) is 2. The average molecular weight is 373 g/mol. The smallest absolute Gasteiger partial charge is 0.275 e. The van der Waals surface area contributed by atoms with Crippen LogP contribution >= 0.6 is 22.7 Å². The van der Waals surface area contributed by atoms with Gasteiger partial charge in [-0.25, -0.2) is 4.98 Å². The number of anilines is 2. The number of aromatic nitrogens is 1. The maximum atomic E-state index is 12.5. The van der Waals surface area contributed by atoms with Gasteiger partial charge in [-0.3, -0.25) is 9.59 Å². The highest BCUT2D eigenvalue weighted by Crippen LogP contribution is 2.30. The van der Waals surface area contributed by atoms with E-state index in [1.165, 1.54) is 25.4 Å². The van der Waals surface area contributed by atoms with Crippen molar-refractivity contribution >= 4 is 45.9 Å². The molecule has 1 aromatic carbocycles. The molecular weight excluding hydrogens is 358 g/mol. The highest BCUT2D eigenvalue weighted by molar-refractivity contribution is 7.20. The second-order valence-corrected chi connectivity index (χ2v) is 6.87. The molecule has 3 aromatic rings. The van der Waals surface area contributed by atoms with E-state index in [0.717, 1.165) is 9.88 Å². The topological polar surface area (TPSA) is 80.3 Å². The van der Waals surface area contributed by atoms with Gasteiger partial charge in [-0.15, -0.1) is 22.7 Å². The van der Waals surface area contributed by atoms with Gasteiger partial charge in [0, 0.05) is 18.0 Å². The van der Waals surface area contributed by atoms with Crippen LogP contribution in [-0.2, 0) is 4.79 Å². The molecule has 0 radical (unpaired) electrons. The molecule has 6 nitrogen and oxygen atoms in total. The molecule has 2 aromatic heterocycles. The quantitative estimate of drug-likeness (QED) is 0.706. The lowest BCUT2D eigenvalue weighted by Crippen LogP contribution is -2.14.